The zero-order chi connectivity index (χ0) is 11.3. The molecule has 3 heteroatoms. The van der Waals surface area contributed by atoms with Crippen molar-refractivity contribution in [3.05, 3.63) is 18.2 Å². The third kappa shape index (κ3) is 3.18. The first-order chi connectivity index (χ1) is 7.19. The van der Waals surface area contributed by atoms with E-state index in [4.69, 9.17) is 0 Å². The molecule has 0 radical (unpaired) electrons. The normalized spacial score (nSPS) is 12.7. The van der Waals surface area contributed by atoms with Gasteiger partial charge in [-0.25, -0.2) is 4.98 Å². The molecule has 0 fully saturated rings. The smallest absolute Gasteiger partial charge is 0.143 e. The lowest BCUT2D eigenvalue weighted by atomic mass is 9.98. The van der Waals surface area contributed by atoms with Gasteiger partial charge in [-0.3, -0.25) is 4.79 Å². The van der Waals surface area contributed by atoms with E-state index < -0.39 is 0 Å². The Labute approximate surface area is 91.5 Å². The summed E-state index contributed by atoms with van der Waals surface area (Å²) >= 11 is 0. The van der Waals surface area contributed by atoms with Crippen LogP contribution in [0.5, 0.6) is 0 Å². The SMILES string of the molecule is CCCC(C)C(=O)Cc1nccn1CC. The van der Waals surface area contributed by atoms with Crippen LogP contribution in [-0.2, 0) is 17.8 Å². The molecule has 0 saturated heterocycles. The van der Waals surface area contributed by atoms with E-state index in [9.17, 15) is 4.79 Å². The van der Waals surface area contributed by atoms with Crippen molar-refractivity contribution in [1.82, 2.24) is 9.55 Å². The minimum absolute atomic E-state index is 0.164. The highest BCUT2D eigenvalue weighted by Gasteiger charge is 2.14. The van der Waals surface area contributed by atoms with Crippen molar-refractivity contribution in [1.29, 1.82) is 0 Å². The molecule has 1 atom stereocenters. The van der Waals surface area contributed by atoms with Crippen molar-refractivity contribution in [2.75, 3.05) is 0 Å². The first-order valence-corrected chi connectivity index (χ1v) is 5.71. The summed E-state index contributed by atoms with van der Waals surface area (Å²) in [7, 11) is 0. The third-order valence-electron chi connectivity index (χ3n) is 2.75. The second-order valence-electron chi connectivity index (χ2n) is 3.96. The molecule has 1 aromatic heterocycles. The molecule has 0 bridgehead atoms. The fourth-order valence-corrected chi connectivity index (χ4v) is 1.72. The van der Waals surface area contributed by atoms with E-state index in [1.807, 2.05) is 17.7 Å². The van der Waals surface area contributed by atoms with Gasteiger partial charge in [0.1, 0.15) is 11.6 Å². The number of rotatable bonds is 6. The molecule has 0 N–H and O–H groups in total. The van der Waals surface area contributed by atoms with Gasteiger partial charge < -0.3 is 4.57 Å². The molecule has 0 aliphatic heterocycles. The van der Waals surface area contributed by atoms with Crippen LogP contribution in [-0.4, -0.2) is 15.3 Å². The van der Waals surface area contributed by atoms with Gasteiger partial charge in [0.2, 0.25) is 0 Å². The number of Topliss-reactive ketones (excluding diaryl/α,β-unsaturated/α-hetero) is 1. The maximum Gasteiger partial charge on any atom is 0.143 e. The average molecular weight is 208 g/mol. The standard InChI is InChI=1S/C12H20N2O/c1-4-6-10(3)11(15)9-12-13-7-8-14(12)5-2/h7-8,10H,4-6,9H2,1-3H3. The fraction of sp³-hybridized carbons (Fsp3) is 0.667. The second kappa shape index (κ2) is 5.69. The van der Waals surface area contributed by atoms with Gasteiger partial charge in [0.05, 0.1) is 6.42 Å². The van der Waals surface area contributed by atoms with Gasteiger partial charge in [-0.15, -0.1) is 0 Å². The number of aromatic nitrogens is 2. The van der Waals surface area contributed by atoms with Gasteiger partial charge in [0.15, 0.2) is 0 Å². The molecule has 0 aromatic carbocycles. The molecule has 15 heavy (non-hydrogen) atoms. The summed E-state index contributed by atoms with van der Waals surface area (Å²) in [6, 6.07) is 0. The zero-order valence-electron chi connectivity index (χ0n) is 9.86. The van der Waals surface area contributed by atoms with Gasteiger partial charge in [-0.1, -0.05) is 20.3 Å². The quantitative estimate of drug-likeness (QED) is 0.719. The summed E-state index contributed by atoms with van der Waals surface area (Å²) in [6.45, 7) is 7.05. The molecule has 0 aliphatic rings. The van der Waals surface area contributed by atoms with Gasteiger partial charge in [-0.05, 0) is 13.3 Å². The van der Waals surface area contributed by atoms with Crippen LogP contribution < -0.4 is 0 Å². The van der Waals surface area contributed by atoms with Crippen molar-refractivity contribution in [2.24, 2.45) is 5.92 Å². The van der Waals surface area contributed by atoms with Crippen molar-refractivity contribution >= 4 is 5.78 Å². The Morgan fingerprint density at radius 3 is 2.87 bits per heavy atom. The molecule has 1 rings (SSSR count). The lowest BCUT2D eigenvalue weighted by Crippen LogP contribution is -2.16. The summed E-state index contributed by atoms with van der Waals surface area (Å²) in [6.07, 6.45) is 6.20. The Kier molecular flexibility index (Phi) is 4.53. The van der Waals surface area contributed by atoms with Gasteiger partial charge in [0, 0.05) is 24.9 Å². The van der Waals surface area contributed by atoms with Crippen LogP contribution in [0.25, 0.3) is 0 Å². The summed E-state index contributed by atoms with van der Waals surface area (Å²) in [5.41, 5.74) is 0. The van der Waals surface area contributed by atoms with Crippen LogP contribution in [0.4, 0.5) is 0 Å². The highest BCUT2D eigenvalue weighted by atomic mass is 16.1. The highest BCUT2D eigenvalue weighted by Crippen LogP contribution is 2.10. The van der Waals surface area contributed by atoms with Crippen molar-refractivity contribution in [3.63, 3.8) is 0 Å². The van der Waals surface area contributed by atoms with E-state index in [0.717, 1.165) is 25.2 Å². The number of hydrogen-bond donors (Lipinski definition) is 0. The van der Waals surface area contributed by atoms with Crippen LogP contribution in [0, 0.1) is 5.92 Å². The van der Waals surface area contributed by atoms with E-state index in [1.54, 1.807) is 6.20 Å². The largest absolute Gasteiger partial charge is 0.335 e. The number of aryl methyl sites for hydroxylation is 1. The summed E-state index contributed by atoms with van der Waals surface area (Å²) in [5, 5.41) is 0. The number of imidazole rings is 1. The molecular formula is C12H20N2O. The summed E-state index contributed by atoms with van der Waals surface area (Å²) in [5.74, 6) is 1.36. The number of carbonyl (C=O) groups is 1. The molecule has 0 saturated carbocycles. The van der Waals surface area contributed by atoms with Gasteiger partial charge >= 0.3 is 0 Å². The molecule has 1 heterocycles. The highest BCUT2D eigenvalue weighted by molar-refractivity contribution is 5.82. The second-order valence-corrected chi connectivity index (χ2v) is 3.96. The fourth-order valence-electron chi connectivity index (χ4n) is 1.72. The average Bonchev–Trinajstić information content (AvgIpc) is 2.65. The molecular weight excluding hydrogens is 188 g/mol. The Hall–Kier alpha value is -1.12. The number of ketones is 1. The molecule has 3 nitrogen and oxygen atoms in total. The summed E-state index contributed by atoms with van der Waals surface area (Å²) < 4.78 is 2.02. The number of carbonyl (C=O) groups excluding carboxylic acids is 1. The third-order valence-corrected chi connectivity index (χ3v) is 2.75. The van der Waals surface area contributed by atoms with Crippen LogP contribution in [0.3, 0.4) is 0 Å². The zero-order valence-corrected chi connectivity index (χ0v) is 9.86. The van der Waals surface area contributed by atoms with Crippen LogP contribution in [0.15, 0.2) is 12.4 Å². The Bertz CT molecular complexity index is 317. The number of nitrogens with zero attached hydrogens (tertiary/aromatic N) is 2. The molecule has 0 aliphatic carbocycles. The maximum atomic E-state index is 11.8. The predicted octanol–water partition coefficient (Wildman–Crippen LogP) is 2.45. The molecule has 0 spiro atoms. The Morgan fingerprint density at radius 2 is 2.27 bits per heavy atom. The summed E-state index contributed by atoms with van der Waals surface area (Å²) in [4.78, 5) is 16.0. The lowest BCUT2D eigenvalue weighted by Gasteiger charge is -2.09. The van der Waals surface area contributed by atoms with Crippen molar-refractivity contribution in [3.8, 4) is 0 Å². The maximum absolute atomic E-state index is 11.8. The van der Waals surface area contributed by atoms with E-state index >= 15 is 0 Å². The monoisotopic (exact) mass is 208 g/mol. The van der Waals surface area contributed by atoms with Crippen molar-refractivity contribution < 1.29 is 4.79 Å². The molecule has 84 valence electrons. The van der Waals surface area contributed by atoms with E-state index in [2.05, 4.69) is 18.8 Å². The molecule has 1 aromatic rings. The van der Waals surface area contributed by atoms with Crippen molar-refractivity contribution in [2.45, 2.75) is 46.6 Å². The number of hydrogen-bond acceptors (Lipinski definition) is 2. The molecule has 1 unspecified atom stereocenters. The van der Waals surface area contributed by atoms with Gasteiger partial charge in [-0.2, -0.15) is 0 Å². The molecule has 0 amide bonds. The van der Waals surface area contributed by atoms with E-state index in [-0.39, 0.29) is 5.92 Å². The predicted molar refractivity (Wildman–Crippen MR) is 60.7 cm³/mol. The first kappa shape index (κ1) is 12.0. The lowest BCUT2D eigenvalue weighted by molar-refractivity contribution is -0.122. The van der Waals surface area contributed by atoms with Crippen LogP contribution >= 0.6 is 0 Å². The van der Waals surface area contributed by atoms with Crippen LogP contribution in [0.2, 0.25) is 0 Å². The van der Waals surface area contributed by atoms with E-state index in [0.29, 0.717) is 12.2 Å². The minimum Gasteiger partial charge on any atom is -0.335 e. The van der Waals surface area contributed by atoms with E-state index in [1.165, 1.54) is 0 Å². The minimum atomic E-state index is 0.164. The Balaban J connectivity index is 2.58. The van der Waals surface area contributed by atoms with Crippen LogP contribution in [0.1, 0.15) is 39.4 Å². The Morgan fingerprint density at radius 1 is 1.53 bits per heavy atom. The topological polar surface area (TPSA) is 34.9 Å². The van der Waals surface area contributed by atoms with Gasteiger partial charge in [0.25, 0.3) is 0 Å². The first-order valence-electron chi connectivity index (χ1n) is 5.71.